The van der Waals surface area contributed by atoms with Crippen molar-refractivity contribution in [2.75, 3.05) is 16.2 Å². The summed E-state index contributed by atoms with van der Waals surface area (Å²) in [6.07, 6.45) is 0. The van der Waals surface area contributed by atoms with Gasteiger partial charge in [-0.3, -0.25) is 9.10 Å². The highest BCUT2D eigenvalue weighted by molar-refractivity contribution is 7.92. The second kappa shape index (κ2) is 8.94. The zero-order chi connectivity index (χ0) is 22.8. The molecule has 31 heavy (non-hydrogen) atoms. The first-order valence-corrected chi connectivity index (χ1v) is 11.6. The fraction of sp³-hybridized carbons (Fsp3) is 0.240. The van der Waals surface area contributed by atoms with Crippen LogP contribution in [0.2, 0.25) is 0 Å². The van der Waals surface area contributed by atoms with Gasteiger partial charge in [0.15, 0.2) is 0 Å². The third kappa shape index (κ3) is 4.97. The number of para-hydroxylation sites is 1. The number of benzene rings is 3. The minimum absolute atomic E-state index is 0.150. The fourth-order valence-electron chi connectivity index (χ4n) is 3.67. The molecule has 0 radical (unpaired) electrons. The van der Waals surface area contributed by atoms with Crippen molar-refractivity contribution in [3.05, 3.63) is 88.5 Å². The zero-order valence-corrected chi connectivity index (χ0v) is 19.4. The number of nitrogens with zero attached hydrogens (tertiary/aromatic N) is 1. The second-order valence-corrected chi connectivity index (χ2v) is 9.80. The fourth-order valence-corrected chi connectivity index (χ4v) is 5.15. The highest BCUT2D eigenvalue weighted by Crippen LogP contribution is 2.28. The molecule has 162 valence electrons. The van der Waals surface area contributed by atoms with Gasteiger partial charge in [-0.1, -0.05) is 53.6 Å². The Bertz CT molecular complexity index is 1190. The van der Waals surface area contributed by atoms with Gasteiger partial charge in [0.1, 0.15) is 6.54 Å². The first kappa shape index (κ1) is 22.6. The lowest BCUT2D eigenvalue weighted by molar-refractivity contribution is -0.114. The minimum atomic E-state index is -3.94. The number of carbonyl (C=O) groups is 1. The lowest BCUT2D eigenvalue weighted by atomic mass is 10.1. The van der Waals surface area contributed by atoms with E-state index in [1.54, 1.807) is 36.4 Å². The average molecular weight is 437 g/mol. The highest BCUT2D eigenvalue weighted by atomic mass is 32.2. The molecule has 3 aromatic carbocycles. The number of carbonyl (C=O) groups excluding carboxylic acids is 1. The van der Waals surface area contributed by atoms with Crippen LogP contribution < -0.4 is 9.62 Å². The van der Waals surface area contributed by atoms with Crippen molar-refractivity contribution in [2.24, 2.45) is 0 Å². The quantitative estimate of drug-likeness (QED) is 0.587. The molecule has 0 aliphatic rings. The summed E-state index contributed by atoms with van der Waals surface area (Å²) in [7, 11) is -3.94. The van der Waals surface area contributed by atoms with Crippen molar-refractivity contribution >= 4 is 27.3 Å². The van der Waals surface area contributed by atoms with Gasteiger partial charge in [0, 0.05) is 5.69 Å². The van der Waals surface area contributed by atoms with Crippen LogP contribution in [-0.4, -0.2) is 20.9 Å². The monoisotopic (exact) mass is 436 g/mol. The van der Waals surface area contributed by atoms with Crippen molar-refractivity contribution in [1.82, 2.24) is 0 Å². The number of aryl methyl sites for hydroxylation is 5. The predicted octanol–water partition coefficient (Wildman–Crippen LogP) is 5.06. The van der Waals surface area contributed by atoms with Gasteiger partial charge in [0.25, 0.3) is 10.0 Å². The summed E-state index contributed by atoms with van der Waals surface area (Å²) < 4.78 is 28.2. The van der Waals surface area contributed by atoms with Crippen molar-refractivity contribution in [3.63, 3.8) is 0 Å². The summed E-state index contributed by atoms with van der Waals surface area (Å²) in [5.41, 5.74) is 5.92. The lowest BCUT2D eigenvalue weighted by Crippen LogP contribution is -2.38. The molecule has 0 heterocycles. The molecular weight excluding hydrogens is 408 g/mol. The van der Waals surface area contributed by atoms with E-state index in [9.17, 15) is 13.2 Å². The van der Waals surface area contributed by atoms with Crippen LogP contribution in [-0.2, 0) is 14.8 Å². The molecule has 0 bridgehead atoms. The van der Waals surface area contributed by atoms with E-state index in [2.05, 4.69) is 5.32 Å². The molecule has 0 fully saturated rings. The molecule has 0 aliphatic heterocycles. The van der Waals surface area contributed by atoms with Crippen molar-refractivity contribution in [2.45, 2.75) is 39.5 Å². The molecule has 0 atom stereocenters. The van der Waals surface area contributed by atoms with Gasteiger partial charge in [-0.05, 0) is 69.5 Å². The van der Waals surface area contributed by atoms with E-state index >= 15 is 0 Å². The molecule has 3 rings (SSSR count). The van der Waals surface area contributed by atoms with E-state index < -0.39 is 15.9 Å². The van der Waals surface area contributed by atoms with Gasteiger partial charge in [-0.2, -0.15) is 0 Å². The van der Waals surface area contributed by atoms with Crippen LogP contribution in [0.5, 0.6) is 0 Å². The van der Waals surface area contributed by atoms with Gasteiger partial charge in [-0.25, -0.2) is 8.42 Å². The Kier molecular flexibility index (Phi) is 6.51. The van der Waals surface area contributed by atoms with Gasteiger partial charge in [0.2, 0.25) is 5.91 Å². The number of nitrogens with one attached hydrogen (secondary N) is 1. The van der Waals surface area contributed by atoms with Gasteiger partial charge in [0.05, 0.1) is 10.6 Å². The Balaban J connectivity index is 1.99. The van der Waals surface area contributed by atoms with Crippen molar-refractivity contribution < 1.29 is 13.2 Å². The number of sulfonamides is 1. The molecule has 0 saturated carbocycles. The first-order valence-electron chi connectivity index (χ1n) is 10.1. The summed E-state index contributed by atoms with van der Waals surface area (Å²) >= 11 is 0. The number of rotatable bonds is 6. The molecule has 0 spiro atoms. The maximum Gasteiger partial charge on any atom is 0.264 e. The normalized spacial score (nSPS) is 11.3. The van der Waals surface area contributed by atoms with Crippen LogP contribution in [0.15, 0.2) is 65.6 Å². The van der Waals surface area contributed by atoms with E-state index in [4.69, 9.17) is 0 Å². The predicted molar refractivity (Wildman–Crippen MR) is 126 cm³/mol. The maximum atomic E-state index is 13.5. The molecule has 3 aromatic rings. The highest BCUT2D eigenvalue weighted by Gasteiger charge is 2.28. The number of hydrogen-bond acceptors (Lipinski definition) is 3. The summed E-state index contributed by atoms with van der Waals surface area (Å²) in [5.74, 6) is -0.394. The van der Waals surface area contributed by atoms with Crippen LogP contribution in [0.3, 0.4) is 0 Å². The Labute approximate surface area is 184 Å². The minimum Gasteiger partial charge on any atom is -0.324 e. The lowest BCUT2D eigenvalue weighted by Gasteiger charge is -2.26. The molecule has 0 aliphatic carbocycles. The summed E-state index contributed by atoms with van der Waals surface area (Å²) in [5, 5.41) is 2.91. The van der Waals surface area contributed by atoms with Crippen LogP contribution in [0.1, 0.15) is 27.8 Å². The third-order valence-electron chi connectivity index (χ3n) is 5.22. The molecule has 6 heteroatoms. The number of hydrogen-bond donors (Lipinski definition) is 1. The number of anilines is 2. The largest absolute Gasteiger partial charge is 0.324 e. The Morgan fingerprint density at radius 3 is 1.97 bits per heavy atom. The second-order valence-electron chi connectivity index (χ2n) is 7.93. The van der Waals surface area contributed by atoms with Crippen molar-refractivity contribution in [1.29, 1.82) is 0 Å². The van der Waals surface area contributed by atoms with E-state index in [-0.39, 0.29) is 11.4 Å². The first-order chi connectivity index (χ1) is 14.6. The standard InChI is InChI=1S/C25H28N2O3S/c1-17-10-12-22(13-11-17)31(29,30)27(23-9-7-6-8-19(23)3)16-24(28)26-25-20(4)14-18(2)15-21(25)5/h6-15H,16H2,1-5H3,(H,26,28). The topological polar surface area (TPSA) is 66.5 Å². The van der Waals surface area contributed by atoms with Gasteiger partial charge in [-0.15, -0.1) is 0 Å². The van der Waals surface area contributed by atoms with E-state index in [0.29, 0.717) is 11.4 Å². The van der Waals surface area contributed by atoms with Crippen LogP contribution >= 0.6 is 0 Å². The molecule has 1 N–H and O–H groups in total. The SMILES string of the molecule is Cc1ccc(S(=O)(=O)N(CC(=O)Nc2c(C)cc(C)cc2C)c2ccccc2C)cc1. The smallest absolute Gasteiger partial charge is 0.264 e. The van der Waals surface area contributed by atoms with Crippen LogP contribution in [0.4, 0.5) is 11.4 Å². The molecule has 0 unspecified atom stereocenters. The summed E-state index contributed by atoms with van der Waals surface area (Å²) in [6, 6.07) is 17.8. The molecule has 0 aromatic heterocycles. The summed E-state index contributed by atoms with van der Waals surface area (Å²) in [4.78, 5) is 13.2. The summed E-state index contributed by atoms with van der Waals surface area (Å²) in [6.45, 7) is 9.26. The Hall–Kier alpha value is -3.12. The van der Waals surface area contributed by atoms with Crippen LogP contribution in [0.25, 0.3) is 0 Å². The average Bonchev–Trinajstić information content (AvgIpc) is 2.70. The molecule has 1 amide bonds. The van der Waals surface area contributed by atoms with E-state index in [1.807, 2.05) is 58.9 Å². The maximum absolute atomic E-state index is 13.5. The van der Waals surface area contributed by atoms with Gasteiger partial charge < -0.3 is 5.32 Å². The number of amides is 1. The zero-order valence-electron chi connectivity index (χ0n) is 18.6. The Morgan fingerprint density at radius 2 is 1.39 bits per heavy atom. The molecule has 5 nitrogen and oxygen atoms in total. The molecule has 0 saturated heterocycles. The Morgan fingerprint density at radius 1 is 0.806 bits per heavy atom. The van der Waals surface area contributed by atoms with E-state index in [0.717, 1.165) is 27.8 Å². The van der Waals surface area contributed by atoms with Crippen LogP contribution in [0, 0.1) is 34.6 Å². The van der Waals surface area contributed by atoms with Crippen molar-refractivity contribution in [3.8, 4) is 0 Å². The molecular formula is C25H28N2O3S. The van der Waals surface area contributed by atoms with Gasteiger partial charge >= 0.3 is 0 Å². The van der Waals surface area contributed by atoms with E-state index in [1.165, 1.54) is 4.31 Å². The third-order valence-corrected chi connectivity index (χ3v) is 7.00.